The van der Waals surface area contributed by atoms with Crippen molar-refractivity contribution in [2.45, 2.75) is 33.3 Å². The van der Waals surface area contributed by atoms with Gasteiger partial charge in [0.1, 0.15) is 17.1 Å². The number of aromatic hydroxyl groups is 1. The number of Topliss-reactive ketones (excluding diaryl/α,β-unsaturated/α-hetero) is 1. The first kappa shape index (κ1) is 15.1. The molecule has 0 saturated carbocycles. The van der Waals surface area contributed by atoms with Crippen LogP contribution in [0.5, 0.6) is 11.5 Å². The number of ketones is 1. The summed E-state index contributed by atoms with van der Waals surface area (Å²) in [5, 5.41) is 9.96. The molecule has 6 heteroatoms. The second-order valence-electron chi connectivity index (χ2n) is 5.73. The van der Waals surface area contributed by atoms with Gasteiger partial charge in [-0.25, -0.2) is 4.79 Å². The van der Waals surface area contributed by atoms with E-state index in [4.69, 9.17) is 9.47 Å². The second kappa shape index (κ2) is 5.12. The van der Waals surface area contributed by atoms with Crippen molar-refractivity contribution in [1.29, 1.82) is 0 Å². The van der Waals surface area contributed by atoms with Gasteiger partial charge in [-0.15, -0.1) is 0 Å². The van der Waals surface area contributed by atoms with E-state index in [1.807, 2.05) is 6.92 Å². The van der Waals surface area contributed by atoms with Gasteiger partial charge in [-0.1, -0.05) is 6.92 Å². The minimum Gasteiger partial charge on any atom is -0.507 e. The number of esters is 1. The van der Waals surface area contributed by atoms with E-state index < -0.39 is 12.1 Å². The summed E-state index contributed by atoms with van der Waals surface area (Å²) in [4.78, 5) is 24.4. The number of rotatable bonds is 0. The fourth-order valence-corrected chi connectivity index (χ4v) is 3.35. The number of carbonyl (C=O) groups is 2. The third kappa shape index (κ3) is 2.13. The summed E-state index contributed by atoms with van der Waals surface area (Å²) >= 11 is 3.26. The van der Waals surface area contributed by atoms with E-state index in [9.17, 15) is 14.7 Å². The molecule has 22 heavy (non-hydrogen) atoms. The second-order valence-corrected chi connectivity index (χ2v) is 6.58. The highest BCUT2D eigenvalue weighted by Crippen LogP contribution is 2.43. The lowest BCUT2D eigenvalue weighted by atomic mass is 9.86. The number of ether oxygens (including phenoxy) is 2. The number of fused-ring (bicyclic) bond motifs is 2. The van der Waals surface area contributed by atoms with Crippen molar-refractivity contribution in [3.05, 3.63) is 33.0 Å². The van der Waals surface area contributed by atoms with E-state index in [0.29, 0.717) is 27.8 Å². The van der Waals surface area contributed by atoms with Crippen LogP contribution in [0.25, 0.3) is 0 Å². The van der Waals surface area contributed by atoms with Crippen LogP contribution in [0.4, 0.5) is 0 Å². The summed E-state index contributed by atoms with van der Waals surface area (Å²) in [7, 11) is 0. The highest BCUT2D eigenvalue weighted by molar-refractivity contribution is 9.10. The highest BCUT2D eigenvalue weighted by atomic mass is 79.9. The van der Waals surface area contributed by atoms with Gasteiger partial charge in [0, 0.05) is 27.9 Å². The molecule has 116 valence electrons. The molecule has 1 aliphatic heterocycles. The Kier molecular flexibility index (Phi) is 3.51. The molecular formula is C16H15BrO5. The highest BCUT2D eigenvalue weighted by Gasteiger charge is 2.41. The third-order valence-corrected chi connectivity index (χ3v) is 4.80. The molecule has 0 saturated heterocycles. The van der Waals surface area contributed by atoms with Gasteiger partial charge in [0.2, 0.25) is 0 Å². The molecule has 1 aliphatic carbocycles. The van der Waals surface area contributed by atoms with Gasteiger partial charge in [0.05, 0.1) is 0 Å². The number of phenols is 1. The van der Waals surface area contributed by atoms with Gasteiger partial charge in [-0.05, 0) is 35.8 Å². The minimum absolute atomic E-state index is 0.0297. The fraction of sp³-hybridized carbons (Fsp3) is 0.375. The maximum atomic E-state index is 12.4. The molecule has 0 radical (unpaired) electrons. The number of phenolic OH excluding ortho intramolecular Hbond substituents is 1. The van der Waals surface area contributed by atoms with Crippen molar-refractivity contribution in [3.63, 3.8) is 0 Å². The number of allylic oxidation sites excluding steroid dienone is 1. The van der Waals surface area contributed by atoms with Crippen LogP contribution in [0.15, 0.2) is 21.9 Å². The Morgan fingerprint density at radius 1 is 1.32 bits per heavy atom. The van der Waals surface area contributed by atoms with Crippen molar-refractivity contribution >= 4 is 27.7 Å². The molecule has 0 fully saturated rings. The summed E-state index contributed by atoms with van der Waals surface area (Å²) in [6.07, 6.45) is -0.179. The first-order valence-electron chi connectivity index (χ1n) is 6.96. The van der Waals surface area contributed by atoms with Gasteiger partial charge >= 0.3 is 5.97 Å². The van der Waals surface area contributed by atoms with Crippen molar-refractivity contribution in [1.82, 2.24) is 0 Å². The maximum absolute atomic E-state index is 12.4. The molecule has 0 spiro atoms. The normalized spacial score (nSPS) is 24.2. The molecular weight excluding hydrogens is 352 g/mol. The van der Waals surface area contributed by atoms with Crippen LogP contribution in [-0.4, -0.2) is 23.0 Å². The molecule has 1 N–H and O–H groups in total. The molecule has 0 aromatic heterocycles. The molecule has 5 nitrogen and oxygen atoms in total. The monoisotopic (exact) mass is 366 g/mol. The first-order chi connectivity index (χ1) is 10.3. The summed E-state index contributed by atoms with van der Waals surface area (Å²) in [5.74, 6) is -0.155. The van der Waals surface area contributed by atoms with Crippen LogP contribution in [-0.2, 0) is 9.53 Å². The van der Waals surface area contributed by atoms with Crippen molar-refractivity contribution in [2.75, 3.05) is 0 Å². The topological polar surface area (TPSA) is 72.8 Å². The smallest absolute Gasteiger partial charge is 0.348 e. The van der Waals surface area contributed by atoms with E-state index in [1.165, 1.54) is 6.07 Å². The molecule has 0 amide bonds. The average Bonchev–Trinajstić information content (AvgIpc) is 2.60. The minimum atomic E-state index is -0.594. The van der Waals surface area contributed by atoms with E-state index in [2.05, 4.69) is 15.9 Å². The fourth-order valence-electron chi connectivity index (χ4n) is 2.79. The predicted molar refractivity (Wildman–Crippen MR) is 81.9 cm³/mol. The molecule has 3 rings (SSSR count). The number of benzene rings is 1. The maximum Gasteiger partial charge on any atom is 0.348 e. The standard InChI is InChI=1S/C16H15BrO5/c1-6-4-10(18)8(3)15-13(6)21-14-7(2)11(19)5-9(17)12(14)16(20)22-15/h5-6,13,19H,4H2,1-3H3. The summed E-state index contributed by atoms with van der Waals surface area (Å²) in [6.45, 7) is 5.19. The number of carbonyl (C=O) groups excluding carboxylic acids is 2. The average molecular weight is 367 g/mol. The van der Waals surface area contributed by atoms with E-state index in [-0.39, 0.29) is 28.8 Å². The molecule has 2 atom stereocenters. The van der Waals surface area contributed by atoms with E-state index in [0.717, 1.165) is 0 Å². The lowest BCUT2D eigenvalue weighted by Gasteiger charge is -2.29. The predicted octanol–water partition coefficient (Wildman–Crippen LogP) is 3.26. The van der Waals surface area contributed by atoms with Gasteiger partial charge in [-0.3, -0.25) is 4.79 Å². The van der Waals surface area contributed by atoms with Gasteiger partial charge in [0.15, 0.2) is 17.6 Å². The summed E-state index contributed by atoms with van der Waals surface area (Å²) < 4.78 is 11.9. The van der Waals surface area contributed by atoms with Crippen molar-refractivity contribution < 1.29 is 24.2 Å². The summed E-state index contributed by atoms with van der Waals surface area (Å²) in [5.41, 5.74) is 1.12. The Morgan fingerprint density at radius 3 is 2.68 bits per heavy atom. The lowest BCUT2D eigenvalue weighted by Crippen LogP contribution is -2.35. The van der Waals surface area contributed by atoms with Gasteiger partial charge in [0.25, 0.3) is 0 Å². The van der Waals surface area contributed by atoms with Crippen LogP contribution in [0.1, 0.15) is 36.2 Å². The van der Waals surface area contributed by atoms with Crippen LogP contribution in [0.3, 0.4) is 0 Å². The van der Waals surface area contributed by atoms with E-state index >= 15 is 0 Å². The van der Waals surface area contributed by atoms with Crippen molar-refractivity contribution in [2.24, 2.45) is 5.92 Å². The van der Waals surface area contributed by atoms with Crippen LogP contribution in [0.2, 0.25) is 0 Å². The van der Waals surface area contributed by atoms with Gasteiger partial charge < -0.3 is 14.6 Å². The summed E-state index contributed by atoms with van der Waals surface area (Å²) in [6, 6.07) is 1.43. The Bertz CT molecular complexity index is 735. The Morgan fingerprint density at radius 2 is 2.00 bits per heavy atom. The molecule has 1 aromatic rings. The Hall–Kier alpha value is -1.82. The van der Waals surface area contributed by atoms with Crippen molar-refractivity contribution in [3.8, 4) is 11.5 Å². The lowest BCUT2D eigenvalue weighted by molar-refractivity contribution is -0.118. The van der Waals surface area contributed by atoms with Crippen LogP contribution < -0.4 is 4.74 Å². The van der Waals surface area contributed by atoms with E-state index in [1.54, 1.807) is 13.8 Å². The molecule has 0 bridgehead atoms. The van der Waals surface area contributed by atoms with Crippen LogP contribution >= 0.6 is 15.9 Å². The quantitative estimate of drug-likeness (QED) is 0.713. The number of halogens is 1. The zero-order valence-corrected chi connectivity index (χ0v) is 14.0. The zero-order valence-electron chi connectivity index (χ0n) is 12.4. The SMILES string of the molecule is CC1=C2OC(=O)c3c(Br)cc(O)c(C)c3OC2C(C)CC1=O. The number of hydrogen-bond acceptors (Lipinski definition) is 5. The van der Waals surface area contributed by atoms with Gasteiger partial charge in [-0.2, -0.15) is 0 Å². The molecule has 1 aromatic carbocycles. The Balaban J connectivity index is 2.23. The molecule has 2 aliphatic rings. The zero-order chi connectivity index (χ0) is 16.2. The van der Waals surface area contributed by atoms with Crippen LogP contribution in [0, 0.1) is 12.8 Å². The Labute approximate surface area is 136 Å². The molecule has 1 heterocycles. The first-order valence-corrected chi connectivity index (χ1v) is 7.75. The third-order valence-electron chi connectivity index (χ3n) is 4.18. The number of hydrogen-bond donors (Lipinski definition) is 1. The largest absolute Gasteiger partial charge is 0.507 e. The molecule has 2 unspecified atom stereocenters.